The quantitative estimate of drug-likeness (QED) is 0.227. The highest BCUT2D eigenvalue weighted by atomic mass is 16.7. The van der Waals surface area contributed by atoms with Crippen molar-refractivity contribution < 1.29 is 33.2 Å². The number of aryl methyl sites for hydroxylation is 2. The van der Waals surface area contributed by atoms with Gasteiger partial charge in [0.2, 0.25) is 12.4 Å². The fourth-order valence-electron chi connectivity index (χ4n) is 3.16. The molecule has 1 aromatic carbocycles. The first-order chi connectivity index (χ1) is 16.3. The Balaban J connectivity index is 1.88. The molecule has 0 aliphatic rings. The highest BCUT2D eigenvalue weighted by Gasteiger charge is 2.26. The minimum atomic E-state index is -1.02. The number of hydrogen-bond donors (Lipinski definition) is 2. The van der Waals surface area contributed by atoms with Crippen LogP contribution in [0.2, 0.25) is 0 Å². The van der Waals surface area contributed by atoms with Crippen LogP contribution in [-0.2, 0) is 32.7 Å². The molecule has 2 aromatic rings. The van der Waals surface area contributed by atoms with Gasteiger partial charge in [0.25, 0.3) is 0 Å². The first kappa shape index (κ1) is 28.1. The summed E-state index contributed by atoms with van der Waals surface area (Å²) < 4.78 is 20.3. The lowest BCUT2D eigenvalue weighted by molar-refractivity contribution is -0.660. The van der Waals surface area contributed by atoms with Crippen LogP contribution < -0.4 is 20.5 Å². The van der Waals surface area contributed by atoms with Crippen LogP contribution in [0.4, 0.5) is 4.79 Å². The van der Waals surface area contributed by atoms with E-state index in [0.29, 0.717) is 12.3 Å². The number of carbonyl (C=O) groups excluding carboxylic acids is 2. The molecule has 2 rings (SSSR count). The second kappa shape index (κ2) is 12.0. The molecule has 1 atom stereocenters. The maximum absolute atomic E-state index is 12.1. The standard InChI is InChI=1S/C25H38N4O6/c1-24(2,3)33-22(30)21(35-26)16-32-19-11-9-18(10-12-19)20-15-29(17-28(20)7)14-8-13-27-23(31)34-25(4,5)6/h9-12,15,17,21H,8,13-14,16,26H2,1-7H3/p+1/t21-/m0/s1. The summed E-state index contributed by atoms with van der Waals surface area (Å²) in [5.41, 5.74) is 0.875. The molecule has 0 aliphatic carbocycles. The number of carbonyl (C=O) groups is 2. The Kier molecular flexibility index (Phi) is 9.67. The van der Waals surface area contributed by atoms with Crippen molar-refractivity contribution in [3.8, 4) is 17.0 Å². The zero-order chi connectivity index (χ0) is 26.2. The lowest BCUT2D eigenvalue weighted by atomic mass is 10.1. The molecule has 0 fully saturated rings. The number of aromatic nitrogens is 2. The van der Waals surface area contributed by atoms with E-state index < -0.39 is 29.4 Å². The van der Waals surface area contributed by atoms with Crippen molar-refractivity contribution in [3.63, 3.8) is 0 Å². The number of alkyl carbamates (subject to hydrolysis) is 1. The maximum atomic E-state index is 12.1. The van der Waals surface area contributed by atoms with Crippen LogP contribution in [-0.4, -0.2) is 47.1 Å². The number of esters is 1. The molecule has 0 spiro atoms. The fourth-order valence-corrected chi connectivity index (χ4v) is 3.16. The number of benzene rings is 1. The minimum absolute atomic E-state index is 0.0632. The molecular formula is C25H39N4O6+. The fraction of sp³-hybridized carbons (Fsp3) is 0.560. The highest BCUT2D eigenvalue weighted by molar-refractivity contribution is 5.75. The SMILES string of the molecule is C[n+]1cn(CCCNC(=O)OC(C)(C)C)cc1-c1ccc(OC[C@H](ON)C(=O)OC(C)(C)C)cc1. The van der Waals surface area contributed by atoms with Crippen LogP contribution in [0.3, 0.4) is 0 Å². The number of nitrogens with zero attached hydrogens (tertiary/aromatic N) is 2. The topological polar surface area (TPSA) is 118 Å². The number of amides is 1. The molecule has 1 aromatic heterocycles. The van der Waals surface area contributed by atoms with E-state index in [1.165, 1.54) is 0 Å². The molecule has 0 saturated heterocycles. The summed E-state index contributed by atoms with van der Waals surface area (Å²) in [7, 11) is 1.97. The van der Waals surface area contributed by atoms with Gasteiger partial charge in [-0.1, -0.05) is 0 Å². The van der Waals surface area contributed by atoms with E-state index in [4.69, 9.17) is 24.9 Å². The first-order valence-corrected chi connectivity index (χ1v) is 11.6. The van der Waals surface area contributed by atoms with Crippen LogP contribution in [0.25, 0.3) is 11.3 Å². The number of rotatable bonds is 10. The Labute approximate surface area is 207 Å². The van der Waals surface area contributed by atoms with Crippen molar-refractivity contribution in [1.82, 2.24) is 9.88 Å². The molecule has 1 amide bonds. The molecule has 35 heavy (non-hydrogen) atoms. The number of hydrogen-bond acceptors (Lipinski definition) is 7. The van der Waals surface area contributed by atoms with Gasteiger partial charge < -0.3 is 19.5 Å². The number of nitrogens with one attached hydrogen (secondary N) is 1. The Bertz CT molecular complexity index is 973. The largest absolute Gasteiger partial charge is 0.490 e. The van der Waals surface area contributed by atoms with Gasteiger partial charge in [-0.2, -0.15) is 0 Å². The van der Waals surface area contributed by atoms with Gasteiger partial charge in [-0.25, -0.2) is 24.6 Å². The average Bonchev–Trinajstić information content (AvgIpc) is 3.10. The van der Waals surface area contributed by atoms with Gasteiger partial charge in [-0.3, -0.25) is 4.84 Å². The van der Waals surface area contributed by atoms with E-state index in [1.807, 2.05) is 69.2 Å². The van der Waals surface area contributed by atoms with Crippen molar-refractivity contribution in [2.45, 2.75) is 71.8 Å². The average molecular weight is 492 g/mol. The predicted octanol–water partition coefficient (Wildman–Crippen LogP) is 2.87. The van der Waals surface area contributed by atoms with E-state index >= 15 is 0 Å². The molecule has 1 heterocycles. The number of ether oxygens (including phenoxy) is 3. The summed E-state index contributed by atoms with van der Waals surface area (Å²) in [6.07, 6.45) is 3.38. The maximum Gasteiger partial charge on any atom is 0.407 e. The van der Waals surface area contributed by atoms with E-state index in [1.54, 1.807) is 20.8 Å². The van der Waals surface area contributed by atoms with Crippen LogP contribution in [0.15, 0.2) is 36.8 Å². The lowest BCUT2D eigenvalue weighted by Gasteiger charge is -2.22. The summed E-state index contributed by atoms with van der Waals surface area (Å²) in [4.78, 5) is 28.6. The summed E-state index contributed by atoms with van der Waals surface area (Å²) in [5.74, 6) is 5.25. The molecule has 0 bridgehead atoms. The lowest BCUT2D eigenvalue weighted by Crippen LogP contribution is -2.38. The highest BCUT2D eigenvalue weighted by Crippen LogP contribution is 2.20. The molecular weight excluding hydrogens is 452 g/mol. The normalized spacial score (nSPS) is 12.7. The van der Waals surface area contributed by atoms with E-state index in [0.717, 1.165) is 24.2 Å². The van der Waals surface area contributed by atoms with Crippen molar-refractivity contribution in [2.24, 2.45) is 12.9 Å². The Hall–Kier alpha value is -3.11. The third-order valence-electron chi connectivity index (χ3n) is 4.64. The second-order valence-electron chi connectivity index (χ2n) is 10.3. The summed E-state index contributed by atoms with van der Waals surface area (Å²) in [6, 6.07) is 7.51. The van der Waals surface area contributed by atoms with Gasteiger partial charge in [-0.15, -0.1) is 0 Å². The number of nitrogens with two attached hydrogens (primary N) is 1. The summed E-state index contributed by atoms with van der Waals surface area (Å²) in [5, 5.41) is 2.77. The van der Waals surface area contributed by atoms with Crippen molar-refractivity contribution >= 4 is 12.1 Å². The Morgan fingerprint density at radius 3 is 2.26 bits per heavy atom. The first-order valence-electron chi connectivity index (χ1n) is 11.6. The third kappa shape index (κ3) is 9.96. The monoisotopic (exact) mass is 491 g/mol. The van der Waals surface area contributed by atoms with Crippen molar-refractivity contribution in [2.75, 3.05) is 13.2 Å². The van der Waals surface area contributed by atoms with Crippen LogP contribution >= 0.6 is 0 Å². The minimum Gasteiger partial charge on any atom is -0.490 e. The Morgan fingerprint density at radius 2 is 1.69 bits per heavy atom. The third-order valence-corrected chi connectivity index (χ3v) is 4.64. The van der Waals surface area contributed by atoms with E-state index in [2.05, 4.69) is 9.88 Å². The van der Waals surface area contributed by atoms with Gasteiger partial charge in [0.1, 0.15) is 29.8 Å². The summed E-state index contributed by atoms with van der Waals surface area (Å²) >= 11 is 0. The van der Waals surface area contributed by atoms with Crippen LogP contribution in [0.1, 0.15) is 48.0 Å². The van der Waals surface area contributed by atoms with Crippen LogP contribution in [0.5, 0.6) is 5.75 Å². The van der Waals surface area contributed by atoms with Gasteiger partial charge in [0, 0.05) is 18.5 Å². The van der Waals surface area contributed by atoms with Crippen molar-refractivity contribution in [1.29, 1.82) is 0 Å². The molecule has 0 saturated carbocycles. The molecule has 10 heteroatoms. The molecule has 0 aliphatic heterocycles. The van der Waals surface area contributed by atoms with E-state index in [-0.39, 0.29) is 6.61 Å². The molecule has 194 valence electrons. The van der Waals surface area contributed by atoms with Crippen molar-refractivity contribution in [3.05, 3.63) is 36.8 Å². The zero-order valence-electron chi connectivity index (χ0n) is 21.8. The molecule has 0 unspecified atom stereocenters. The summed E-state index contributed by atoms with van der Waals surface area (Å²) in [6.45, 7) is 12.0. The number of imidazole rings is 1. The van der Waals surface area contributed by atoms with Gasteiger partial charge >= 0.3 is 12.1 Å². The van der Waals surface area contributed by atoms with Gasteiger partial charge in [0.05, 0.1) is 13.6 Å². The molecule has 3 N–H and O–H groups in total. The Morgan fingerprint density at radius 1 is 1.06 bits per heavy atom. The van der Waals surface area contributed by atoms with E-state index in [9.17, 15) is 9.59 Å². The van der Waals surface area contributed by atoms with Gasteiger partial charge in [-0.05, 0) is 65.8 Å². The molecule has 0 radical (unpaired) electrons. The molecule has 10 nitrogen and oxygen atoms in total. The van der Waals surface area contributed by atoms with Gasteiger partial charge in [0.15, 0.2) is 5.69 Å². The second-order valence-corrected chi connectivity index (χ2v) is 10.3. The smallest absolute Gasteiger partial charge is 0.407 e. The predicted molar refractivity (Wildman–Crippen MR) is 130 cm³/mol. The zero-order valence-corrected chi connectivity index (χ0v) is 21.8. The van der Waals surface area contributed by atoms with Crippen LogP contribution in [0, 0.1) is 0 Å².